The minimum absolute atomic E-state index is 0.157. The molecule has 0 atom stereocenters. The van der Waals surface area contributed by atoms with Crippen LogP contribution in [0.1, 0.15) is 13.8 Å². The first-order valence-electron chi connectivity index (χ1n) is 5.38. The summed E-state index contributed by atoms with van der Waals surface area (Å²) in [6.45, 7) is 3.37. The molecular formula is C11H15N3O4. The van der Waals surface area contributed by atoms with Gasteiger partial charge in [-0.2, -0.15) is 0 Å². The Balaban J connectivity index is 3.09. The van der Waals surface area contributed by atoms with Crippen LogP contribution >= 0.6 is 0 Å². The lowest BCUT2D eigenvalue weighted by Crippen LogP contribution is -2.22. The summed E-state index contributed by atoms with van der Waals surface area (Å²) in [5, 5.41) is 13.6. The molecule has 98 valence electrons. The van der Waals surface area contributed by atoms with Crippen LogP contribution in [-0.2, 0) is 4.79 Å². The van der Waals surface area contributed by atoms with E-state index in [0.29, 0.717) is 0 Å². The highest BCUT2D eigenvalue weighted by Crippen LogP contribution is 2.35. The molecule has 0 aliphatic rings. The van der Waals surface area contributed by atoms with Crippen molar-refractivity contribution in [2.45, 2.75) is 20.0 Å². The van der Waals surface area contributed by atoms with Gasteiger partial charge in [0.1, 0.15) is 5.69 Å². The highest BCUT2D eigenvalue weighted by atomic mass is 16.6. The third-order valence-electron chi connectivity index (χ3n) is 2.00. The summed E-state index contributed by atoms with van der Waals surface area (Å²) in [5.74, 6) is -0.441. The number of anilines is 1. The van der Waals surface area contributed by atoms with Crippen LogP contribution in [0.5, 0.6) is 5.75 Å². The summed E-state index contributed by atoms with van der Waals surface area (Å²) < 4.78 is 5.36. The third-order valence-corrected chi connectivity index (χ3v) is 2.00. The lowest BCUT2D eigenvalue weighted by atomic mass is 10.2. The molecule has 0 spiro atoms. The molecule has 0 aromatic heterocycles. The Morgan fingerprint density at radius 1 is 1.56 bits per heavy atom. The second-order valence-corrected chi connectivity index (χ2v) is 3.90. The number of benzene rings is 1. The molecule has 1 rings (SSSR count). The molecule has 7 nitrogen and oxygen atoms in total. The number of nitrogens with zero attached hydrogens (tertiary/aromatic N) is 1. The fourth-order valence-electron chi connectivity index (χ4n) is 1.38. The molecule has 0 fully saturated rings. The topological polar surface area (TPSA) is 107 Å². The number of rotatable bonds is 6. The van der Waals surface area contributed by atoms with Gasteiger partial charge in [0.25, 0.3) is 0 Å². The third kappa shape index (κ3) is 3.62. The molecule has 0 saturated carbocycles. The monoisotopic (exact) mass is 253 g/mol. The molecule has 18 heavy (non-hydrogen) atoms. The van der Waals surface area contributed by atoms with E-state index in [4.69, 9.17) is 10.5 Å². The predicted octanol–water partition coefficient (Wildman–Crippen LogP) is 1.28. The number of nitrogens with one attached hydrogen (secondary N) is 1. The first-order valence-corrected chi connectivity index (χ1v) is 5.38. The number of amides is 1. The van der Waals surface area contributed by atoms with E-state index in [1.165, 1.54) is 12.1 Å². The molecule has 0 radical (unpaired) electrons. The number of primary amides is 1. The van der Waals surface area contributed by atoms with Gasteiger partial charge in [-0.25, -0.2) is 0 Å². The zero-order valence-electron chi connectivity index (χ0n) is 10.2. The number of nitrogens with two attached hydrogens (primary N) is 1. The van der Waals surface area contributed by atoms with Gasteiger partial charge in [-0.05, 0) is 26.0 Å². The average molecular weight is 253 g/mol. The molecule has 0 unspecified atom stereocenters. The van der Waals surface area contributed by atoms with E-state index in [0.717, 1.165) is 0 Å². The number of nitro benzene ring substituents is 1. The molecule has 0 aliphatic heterocycles. The summed E-state index contributed by atoms with van der Waals surface area (Å²) in [7, 11) is 0. The van der Waals surface area contributed by atoms with Crippen molar-refractivity contribution in [1.29, 1.82) is 0 Å². The highest BCUT2D eigenvalue weighted by molar-refractivity contribution is 5.80. The van der Waals surface area contributed by atoms with Crippen LogP contribution < -0.4 is 15.8 Å². The van der Waals surface area contributed by atoms with Crippen molar-refractivity contribution < 1.29 is 14.5 Å². The zero-order valence-corrected chi connectivity index (χ0v) is 10.2. The molecule has 7 heteroatoms. The van der Waals surface area contributed by atoms with Crippen LogP contribution in [0, 0.1) is 10.1 Å². The summed E-state index contributed by atoms with van der Waals surface area (Å²) >= 11 is 0. The molecule has 0 aliphatic carbocycles. The van der Waals surface area contributed by atoms with Gasteiger partial charge < -0.3 is 15.8 Å². The van der Waals surface area contributed by atoms with Gasteiger partial charge in [-0.1, -0.05) is 6.07 Å². The zero-order chi connectivity index (χ0) is 13.7. The Labute approximate surface area is 104 Å². The van der Waals surface area contributed by atoms with Crippen molar-refractivity contribution in [2.75, 3.05) is 11.9 Å². The van der Waals surface area contributed by atoms with Crippen LogP contribution in [0.15, 0.2) is 18.2 Å². The number of carbonyl (C=O) groups is 1. The molecular weight excluding hydrogens is 238 g/mol. The van der Waals surface area contributed by atoms with Gasteiger partial charge in [0.2, 0.25) is 5.91 Å². The smallest absolute Gasteiger partial charge is 0.333 e. The number of hydrogen-bond donors (Lipinski definition) is 2. The van der Waals surface area contributed by atoms with Crippen molar-refractivity contribution in [3.05, 3.63) is 28.3 Å². The number of ether oxygens (including phenoxy) is 1. The number of hydrogen-bond acceptors (Lipinski definition) is 5. The van der Waals surface area contributed by atoms with Crippen LogP contribution in [0.2, 0.25) is 0 Å². The highest BCUT2D eigenvalue weighted by Gasteiger charge is 2.21. The van der Waals surface area contributed by atoms with Gasteiger partial charge >= 0.3 is 5.69 Å². The molecule has 0 saturated heterocycles. The minimum Gasteiger partial charge on any atom is -0.484 e. The second-order valence-electron chi connectivity index (χ2n) is 3.90. The quantitative estimate of drug-likeness (QED) is 0.586. The number of para-hydroxylation sites is 1. The van der Waals surface area contributed by atoms with Gasteiger partial charge in [-0.3, -0.25) is 14.9 Å². The maximum Gasteiger partial charge on any atom is 0.333 e. The molecule has 0 bridgehead atoms. The Morgan fingerprint density at radius 2 is 2.22 bits per heavy atom. The predicted molar refractivity (Wildman–Crippen MR) is 66.5 cm³/mol. The van der Waals surface area contributed by atoms with E-state index in [1.54, 1.807) is 19.9 Å². The van der Waals surface area contributed by atoms with E-state index in [2.05, 4.69) is 5.32 Å². The van der Waals surface area contributed by atoms with Crippen molar-refractivity contribution >= 4 is 17.3 Å². The Bertz CT molecular complexity index is 460. The van der Waals surface area contributed by atoms with E-state index in [9.17, 15) is 14.9 Å². The first-order chi connectivity index (χ1) is 8.41. The maximum atomic E-state index is 11.0. The van der Waals surface area contributed by atoms with Gasteiger partial charge in [0.15, 0.2) is 5.75 Å². The molecule has 0 heterocycles. The fourth-order valence-corrected chi connectivity index (χ4v) is 1.38. The summed E-state index contributed by atoms with van der Waals surface area (Å²) in [6, 6.07) is 4.61. The van der Waals surface area contributed by atoms with Crippen molar-refractivity contribution in [2.24, 2.45) is 5.73 Å². The Hall–Kier alpha value is -2.31. The molecule has 1 aromatic rings. The van der Waals surface area contributed by atoms with Crippen molar-refractivity contribution in [3.63, 3.8) is 0 Å². The maximum absolute atomic E-state index is 11.0. The average Bonchev–Trinajstić information content (AvgIpc) is 2.25. The largest absolute Gasteiger partial charge is 0.484 e. The summed E-state index contributed by atoms with van der Waals surface area (Å²) in [4.78, 5) is 21.2. The lowest BCUT2D eigenvalue weighted by molar-refractivity contribution is -0.385. The summed E-state index contributed by atoms with van der Waals surface area (Å²) in [6.07, 6.45) is -0.185. The van der Waals surface area contributed by atoms with E-state index in [-0.39, 0.29) is 29.8 Å². The van der Waals surface area contributed by atoms with Gasteiger partial charge in [-0.15, -0.1) is 0 Å². The van der Waals surface area contributed by atoms with Crippen molar-refractivity contribution in [3.8, 4) is 5.75 Å². The molecule has 1 aromatic carbocycles. The van der Waals surface area contributed by atoms with Crippen LogP contribution in [0.3, 0.4) is 0 Å². The lowest BCUT2D eigenvalue weighted by Gasteiger charge is -2.12. The Morgan fingerprint density at radius 3 is 2.72 bits per heavy atom. The number of carbonyl (C=O) groups excluding carboxylic acids is 1. The van der Waals surface area contributed by atoms with Crippen LogP contribution in [0.4, 0.5) is 11.4 Å². The van der Waals surface area contributed by atoms with E-state index in [1.807, 2.05) is 0 Å². The minimum atomic E-state index is -0.598. The SMILES string of the molecule is CC(C)Oc1cccc(NCC(N)=O)c1[N+](=O)[O-]. The van der Waals surface area contributed by atoms with E-state index >= 15 is 0 Å². The normalized spacial score (nSPS) is 10.2. The first kappa shape index (κ1) is 13.8. The molecule has 3 N–H and O–H groups in total. The molecule has 1 amide bonds. The second kappa shape index (κ2) is 5.85. The summed E-state index contributed by atoms with van der Waals surface area (Å²) in [5.41, 5.74) is 4.99. The van der Waals surface area contributed by atoms with Gasteiger partial charge in [0, 0.05) is 0 Å². The Kier molecular flexibility index (Phi) is 4.47. The van der Waals surface area contributed by atoms with Gasteiger partial charge in [0.05, 0.1) is 17.6 Å². The van der Waals surface area contributed by atoms with Crippen LogP contribution in [-0.4, -0.2) is 23.5 Å². The fraction of sp³-hybridized carbons (Fsp3) is 0.364. The van der Waals surface area contributed by atoms with Crippen molar-refractivity contribution in [1.82, 2.24) is 0 Å². The van der Waals surface area contributed by atoms with E-state index < -0.39 is 10.8 Å². The number of nitro groups is 1. The van der Waals surface area contributed by atoms with Crippen LogP contribution in [0.25, 0.3) is 0 Å². The standard InChI is InChI=1S/C11H15N3O4/c1-7(2)18-9-5-3-4-8(11(9)14(16)17)13-6-10(12)15/h3-5,7,13H,6H2,1-2H3,(H2,12,15).